The van der Waals surface area contributed by atoms with Crippen LogP contribution in [0.2, 0.25) is 0 Å². The van der Waals surface area contributed by atoms with Crippen LogP contribution in [0.15, 0.2) is 18.2 Å². The number of carbonyl (C=O) groups is 1. The average molecular weight is 330 g/mol. The molecule has 2 aromatic rings. The van der Waals surface area contributed by atoms with E-state index in [0.29, 0.717) is 5.69 Å². The topological polar surface area (TPSA) is 72.5 Å². The smallest absolute Gasteiger partial charge is 0.335 e. The molecule has 3 heterocycles. The number of hydrogen-bond acceptors (Lipinski definition) is 4. The summed E-state index contributed by atoms with van der Waals surface area (Å²) in [6.07, 6.45) is 0. The first-order valence-electron chi connectivity index (χ1n) is 7.93. The Morgan fingerprint density at radius 3 is 2.50 bits per heavy atom. The molecule has 24 heavy (non-hydrogen) atoms. The number of carboxylic acid groups (broad SMARTS) is 1. The summed E-state index contributed by atoms with van der Waals surface area (Å²) in [5, 5.41) is 16.3. The molecule has 0 amide bonds. The van der Waals surface area contributed by atoms with Gasteiger partial charge in [0, 0.05) is 31.6 Å². The van der Waals surface area contributed by atoms with Crippen LogP contribution in [0.4, 0.5) is 15.8 Å². The highest BCUT2D eigenvalue weighted by molar-refractivity contribution is 5.89. The highest BCUT2D eigenvalue weighted by atomic mass is 19.1. The number of H-pyrrole nitrogens is 1. The minimum Gasteiger partial charge on any atom is -0.478 e. The molecule has 0 saturated carbocycles. The third-order valence-electron chi connectivity index (χ3n) is 5.04. The molecule has 6 nitrogen and oxygen atoms in total. The van der Waals surface area contributed by atoms with Crippen molar-refractivity contribution in [2.24, 2.45) is 5.41 Å². The summed E-state index contributed by atoms with van der Waals surface area (Å²) >= 11 is 0. The Balaban J connectivity index is 1.45. The van der Waals surface area contributed by atoms with E-state index >= 15 is 0 Å². The molecule has 2 saturated heterocycles. The van der Waals surface area contributed by atoms with Crippen LogP contribution < -0.4 is 9.80 Å². The molecule has 0 atom stereocenters. The average Bonchev–Trinajstić information content (AvgIpc) is 2.77. The number of halogens is 1. The Hall–Kier alpha value is -2.57. The first-order chi connectivity index (χ1) is 11.4. The zero-order valence-electron chi connectivity index (χ0n) is 13.6. The monoisotopic (exact) mass is 330 g/mol. The van der Waals surface area contributed by atoms with Crippen LogP contribution >= 0.6 is 0 Å². The summed E-state index contributed by atoms with van der Waals surface area (Å²) in [4.78, 5) is 15.3. The number of aromatic amines is 1. The van der Waals surface area contributed by atoms with Crippen molar-refractivity contribution in [3.63, 3.8) is 0 Å². The molecular weight excluding hydrogens is 311 g/mol. The van der Waals surface area contributed by atoms with Crippen molar-refractivity contribution in [3.05, 3.63) is 41.0 Å². The first kappa shape index (κ1) is 15.0. The molecule has 2 aliphatic rings. The fourth-order valence-electron chi connectivity index (χ4n) is 3.95. The molecule has 0 bridgehead atoms. The highest BCUT2D eigenvalue weighted by Gasteiger charge is 2.53. The molecule has 0 unspecified atom stereocenters. The number of aromatic carboxylic acids is 1. The van der Waals surface area contributed by atoms with Crippen LogP contribution in [-0.4, -0.2) is 47.5 Å². The van der Waals surface area contributed by atoms with E-state index in [1.807, 2.05) is 18.7 Å². The number of carboxylic acids is 1. The number of aryl methyl sites for hydroxylation is 2. The molecule has 2 aliphatic heterocycles. The van der Waals surface area contributed by atoms with Gasteiger partial charge in [-0.3, -0.25) is 5.10 Å². The second-order valence-corrected chi connectivity index (χ2v) is 6.97. The van der Waals surface area contributed by atoms with Crippen LogP contribution in [0, 0.1) is 25.1 Å². The van der Waals surface area contributed by atoms with E-state index in [9.17, 15) is 9.18 Å². The van der Waals surface area contributed by atoms with E-state index in [1.54, 1.807) is 0 Å². The van der Waals surface area contributed by atoms with Crippen LogP contribution in [-0.2, 0) is 0 Å². The maximum Gasteiger partial charge on any atom is 0.335 e. The number of hydrogen-bond donors (Lipinski definition) is 2. The summed E-state index contributed by atoms with van der Waals surface area (Å²) in [7, 11) is 0. The molecule has 126 valence electrons. The molecule has 0 radical (unpaired) electrons. The molecule has 4 rings (SSSR count). The van der Waals surface area contributed by atoms with Crippen molar-refractivity contribution in [1.82, 2.24) is 10.2 Å². The summed E-state index contributed by atoms with van der Waals surface area (Å²) < 4.78 is 14.0. The molecule has 2 N–H and O–H groups in total. The molecule has 7 heteroatoms. The first-order valence-corrected chi connectivity index (χ1v) is 7.93. The second kappa shape index (κ2) is 4.96. The minimum absolute atomic E-state index is 0.118. The van der Waals surface area contributed by atoms with E-state index in [0.717, 1.165) is 43.3 Å². The van der Waals surface area contributed by atoms with Gasteiger partial charge in [-0.1, -0.05) is 0 Å². The van der Waals surface area contributed by atoms with Gasteiger partial charge in [-0.25, -0.2) is 9.18 Å². The van der Waals surface area contributed by atoms with Crippen LogP contribution in [0.3, 0.4) is 0 Å². The van der Waals surface area contributed by atoms with E-state index < -0.39 is 5.97 Å². The number of anilines is 2. The van der Waals surface area contributed by atoms with Crippen molar-refractivity contribution in [2.45, 2.75) is 13.8 Å². The van der Waals surface area contributed by atoms with Crippen LogP contribution in [0.1, 0.15) is 21.7 Å². The molecular formula is C17H19FN4O2. The third kappa shape index (κ3) is 2.15. The molecule has 2 fully saturated rings. The summed E-state index contributed by atoms with van der Waals surface area (Å²) in [5.41, 5.74) is 3.90. The van der Waals surface area contributed by atoms with Crippen molar-refractivity contribution in [3.8, 4) is 0 Å². The van der Waals surface area contributed by atoms with Gasteiger partial charge in [0.25, 0.3) is 0 Å². The van der Waals surface area contributed by atoms with Crippen LogP contribution in [0.25, 0.3) is 0 Å². The van der Waals surface area contributed by atoms with Gasteiger partial charge >= 0.3 is 5.97 Å². The maximum absolute atomic E-state index is 14.0. The fourth-order valence-corrected chi connectivity index (χ4v) is 3.95. The van der Waals surface area contributed by atoms with E-state index in [-0.39, 0.29) is 16.8 Å². The van der Waals surface area contributed by atoms with E-state index in [4.69, 9.17) is 5.11 Å². The normalized spacial score (nSPS) is 18.5. The number of rotatable bonds is 3. The fraction of sp³-hybridized carbons (Fsp3) is 0.412. The number of aromatic nitrogens is 2. The van der Waals surface area contributed by atoms with Crippen molar-refractivity contribution >= 4 is 17.3 Å². The van der Waals surface area contributed by atoms with E-state index in [1.165, 1.54) is 18.2 Å². The van der Waals surface area contributed by atoms with E-state index in [2.05, 4.69) is 15.1 Å². The Morgan fingerprint density at radius 2 is 1.92 bits per heavy atom. The van der Waals surface area contributed by atoms with Crippen molar-refractivity contribution < 1.29 is 14.3 Å². The standard InChI is InChI=1S/C17H19FN4O2/c1-10-15(11(2)20-19-10)22-8-17(9-22)6-21(7-17)14-5-12(16(23)24)3-4-13(14)18/h3-5H,6-9H2,1-2H3,(H,19,20)(H,23,24). The lowest BCUT2D eigenvalue weighted by Gasteiger charge is -2.61. The highest BCUT2D eigenvalue weighted by Crippen LogP contribution is 2.45. The predicted octanol–water partition coefficient (Wildman–Crippen LogP) is 2.19. The SMILES string of the molecule is Cc1n[nH]c(C)c1N1CC2(CN(c3cc(C(=O)O)ccc3F)C2)C1. The minimum atomic E-state index is -1.03. The van der Waals surface area contributed by atoms with Gasteiger partial charge in [0.1, 0.15) is 5.82 Å². The molecule has 1 aromatic carbocycles. The molecule has 1 spiro atoms. The quantitative estimate of drug-likeness (QED) is 0.902. The molecule has 1 aromatic heterocycles. The Kier molecular flexibility index (Phi) is 3.10. The van der Waals surface area contributed by atoms with Gasteiger partial charge in [0.05, 0.1) is 28.3 Å². The van der Waals surface area contributed by atoms with Crippen molar-refractivity contribution in [1.29, 1.82) is 0 Å². The number of nitrogens with one attached hydrogen (secondary N) is 1. The summed E-state index contributed by atoms with van der Waals surface area (Å²) in [5.74, 6) is -1.40. The zero-order valence-corrected chi connectivity index (χ0v) is 13.6. The summed E-state index contributed by atoms with van der Waals surface area (Å²) in [6, 6.07) is 3.95. The van der Waals surface area contributed by atoms with Gasteiger partial charge in [0.15, 0.2) is 0 Å². The lowest BCUT2D eigenvalue weighted by Crippen LogP contribution is -2.72. The molecule has 0 aliphatic carbocycles. The van der Waals surface area contributed by atoms with Crippen molar-refractivity contribution in [2.75, 3.05) is 36.0 Å². The lowest BCUT2D eigenvalue weighted by atomic mass is 9.72. The largest absolute Gasteiger partial charge is 0.478 e. The van der Waals surface area contributed by atoms with Crippen LogP contribution in [0.5, 0.6) is 0 Å². The third-order valence-corrected chi connectivity index (χ3v) is 5.04. The Labute approximate surface area is 138 Å². The summed E-state index contributed by atoms with van der Waals surface area (Å²) in [6.45, 7) is 7.35. The zero-order chi connectivity index (χ0) is 17.1. The Bertz CT molecular complexity index is 798. The second-order valence-electron chi connectivity index (χ2n) is 6.97. The number of benzene rings is 1. The van der Waals surface area contributed by atoms with Gasteiger partial charge in [-0.05, 0) is 32.0 Å². The lowest BCUT2D eigenvalue weighted by molar-refractivity contribution is 0.0697. The van der Waals surface area contributed by atoms with Gasteiger partial charge in [-0.2, -0.15) is 5.10 Å². The van der Waals surface area contributed by atoms with Gasteiger partial charge in [0.2, 0.25) is 0 Å². The van der Waals surface area contributed by atoms with Gasteiger partial charge in [-0.15, -0.1) is 0 Å². The maximum atomic E-state index is 14.0. The predicted molar refractivity (Wildman–Crippen MR) is 88.3 cm³/mol. The van der Waals surface area contributed by atoms with Gasteiger partial charge < -0.3 is 14.9 Å². The Morgan fingerprint density at radius 1 is 1.25 bits per heavy atom. The number of nitrogens with zero attached hydrogens (tertiary/aromatic N) is 3.